The van der Waals surface area contributed by atoms with Gasteiger partial charge in [-0.3, -0.25) is 4.72 Å². The standard InChI is InChI=1S/C22H21N3O4S2/c1-14-4-7-18(15(10-14)13-23)28-20-12-22(2,3)29-19-11-16(5-6-17(19)20)31(26,27)25-21-24-8-9-30-21/h4-11,20H,12H2,1-3H3,(H,24,25)/t20-/m1/s1. The van der Waals surface area contributed by atoms with E-state index in [1.165, 1.54) is 29.7 Å². The van der Waals surface area contributed by atoms with E-state index in [2.05, 4.69) is 15.8 Å². The van der Waals surface area contributed by atoms with Crippen LogP contribution in [0.3, 0.4) is 0 Å². The van der Waals surface area contributed by atoms with Gasteiger partial charge < -0.3 is 9.47 Å². The van der Waals surface area contributed by atoms with Crippen LogP contribution in [0.5, 0.6) is 11.5 Å². The number of fused-ring (bicyclic) bond motifs is 1. The normalized spacial score (nSPS) is 17.2. The van der Waals surface area contributed by atoms with Crippen molar-refractivity contribution in [3.63, 3.8) is 0 Å². The van der Waals surface area contributed by atoms with Crippen LogP contribution in [0.2, 0.25) is 0 Å². The fraction of sp³-hybridized carbons (Fsp3) is 0.273. The summed E-state index contributed by atoms with van der Waals surface area (Å²) in [5.74, 6) is 0.928. The van der Waals surface area contributed by atoms with E-state index in [1.54, 1.807) is 23.6 Å². The van der Waals surface area contributed by atoms with Crippen LogP contribution >= 0.6 is 11.3 Å². The van der Waals surface area contributed by atoms with Gasteiger partial charge in [-0.1, -0.05) is 12.1 Å². The molecular weight excluding hydrogens is 434 g/mol. The van der Waals surface area contributed by atoms with E-state index >= 15 is 0 Å². The third kappa shape index (κ3) is 4.50. The Hall–Kier alpha value is -3.09. The first kappa shape index (κ1) is 21.2. The molecule has 0 bridgehead atoms. The summed E-state index contributed by atoms with van der Waals surface area (Å²) in [6.45, 7) is 5.75. The van der Waals surface area contributed by atoms with Gasteiger partial charge in [-0.15, -0.1) is 11.3 Å². The average molecular weight is 456 g/mol. The summed E-state index contributed by atoms with van der Waals surface area (Å²) < 4.78 is 40.3. The summed E-state index contributed by atoms with van der Waals surface area (Å²) >= 11 is 1.20. The number of aromatic nitrogens is 1. The van der Waals surface area contributed by atoms with E-state index in [4.69, 9.17) is 9.47 Å². The molecule has 3 aromatic rings. The van der Waals surface area contributed by atoms with E-state index in [1.807, 2.05) is 26.8 Å². The van der Waals surface area contributed by atoms with Gasteiger partial charge >= 0.3 is 0 Å². The average Bonchev–Trinajstić information content (AvgIpc) is 3.20. The van der Waals surface area contributed by atoms with Crippen molar-refractivity contribution >= 4 is 26.5 Å². The minimum Gasteiger partial charge on any atom is -0.487 e. The van der Waals surface area contributed by atoms with Crippen molar-refractivity contribution in [1.29, 1.82) is 5.26 Å². The quantitative estimate of drug-likeness (QED) is 0.593. The number of nitrogens with one attached hydrogen (secondary N) is 1. The molecule has 0 aliphatic carbocycles. The molecule has 0 radical (unpaired) electrons. The first-order valence-electron chi connectivity index (χ1n) is 9.59. The molecule has 1 aliphatic rings. The smallest absolute Gasteiger partial charge is 0.263 e. The van der Waals surface area contributed by atoms with Gasteiger partial charge in [-0.2, -0.15) is 5.26 Å². The zero-order valence-corrected chi connectivity index (χ0v) is 18.9. The first-order valence-corrected chi connectivity index (χ1v) is 12.0. The van der Waals surface area contributed by atoms with Gasteiger partial charge in [-0.05, 0) is 44.5 Å². The lowest BCUT2D eigenvalue weighted by atomic mass is 9.91. The van der Waals surface area contributed by atoms with Crippen LogP contribution in [-0.4, -0.2) is 19.0 Å². The largest absolute Gasteiger partial charge is 0.487 e. The molecule has 0 spiro atoms. The molecular formula is C22H21N3O4S2. The number of nitriles is 1. The molecule has 1 aromatic heterocycles. The van der Waals surface area contributed by atoms with Crippen molar-refractivity contribution in [3.05, 3.63) is 64.7 Å². The number of anilines is 1. The van der Waals surface area contributed by atoms with Crippen LogP contribution in [0.1, 0.15) is 43.1 Å². The van der Waals surface area contributed by atoms with Gasteiger partial charge in [0.05, 0.1) is 10.5 Å². The Bertz CT molecular complexity index is 1260. The van der Waals surface area contributed by atoms with Crippen molar-refractivity contribution < 1.29 is 17.9 Å². The van der Waals surface area contributed by atoms with Crippen LogP contribution in [0.4, 0.5) is 5.13 Å². The third-order valence-corrected chi connectivity index (χ3v) is 7.04. The van der Waals surface area contributed by atoms with Gasteiger partial charge in [-0.25, -0.2) is 13.4 Å². The predicted octanol–water partition coefficient (Wildman–Crippen LogP) is 4.81. The summed E-state index contributed by atoms with van der Waals surface area (Å²) in [5.41, 5.74) is 1.58. The van der Waals surface area contributed by atoms with Gasteiger partial charge in [0.2, 0.25) is 0 Å². The SMILES string of the molecule is Cc1ccc(O[C@@H]2CC(C)(C)Oc3cc(S(=O)(=O)Nc4nccs4)ccc32)c(C#N)c1. The van der Waals surface area contributed by atoms with Crippen LogP contribution in [0.15, 0.2) is 52.9 Å². The van der Waals surface area contributed by atoms with Crippen molar-refractivity contribution in [2.24, 2.45) is 0 Å². The number of hydrogen-bond acceptors (Lipinski definition) is 7. The van der Waals surface area contributed by atoms with Gasteiger partial charge in [0.25, 0.3) is 10.0 Å². The number of ether oxygens (including phenoxy) is 2. The molecule has 0 saturated heterocycles. The number of aryl methyl sites for hydroxylation is 1. The van der Waals surface area contributed by atoms with Crippen LogP contribution < -0.4 is 14.2 Å². The van der Waals surface area contributed by atoms with Crippen molar-refractivity contribution in [1.82, 2.24) is 4.98 Å². The van der Waals surface area contributed by atoms with E-state index in [0.29, 0.717) is 28.6 Å². The highest BCUT2D eigenvalue weighted by Gasteiger charge is 2.36. The number of benzene rings is 2. The minimum absolute atomic E-state index is 0.0750. The maximum atomic E-state index is 12.8. The zero-order chi connectivity index (χ0) is 22.2. The van der Waals surface area contributed by atoms with Crippen LogP contribution in [0, 0.1) is 18.3 Å². The second-order valence-electron chi connectivity index (χ2n) is 7.93. The summed E-state index contributed by atoms with van der Waals surface area (Å²) in [6.07, 6.45) is 1.68. The van der Waals surface area contributed by atoms with Crippen molar-refractivity contribution in [2.75, 3.05) is 4.72 Å². The molecule has 0 saturated carbocycles. The molecule has 7 nitrogen and oxygen atoms in total. The van der Waals surface area contributed by atoms with Gasteiger partial charge in [0.15, 0.2) is 5.13 Å². The van der Waals surface area contributed by atoms with E-state index in [0.717, 1.165) is 11.1 Å². The summed E-state index contributed by atoms with van der Waals surface area (Å²) in [5, 5.41) is 11.5. The predicted molar refractivity (Wildman–Crippen MR) is 118 cm³/mol. The lowest BCUT2D eigenvalue weighted by molar-refractivity contribution is 0.0216. The Morgan fingerprint density at radius 3 is 2.81 bits per heavy atom. The van der Waals surface area contributed by atoms with Crippen molar-refractivity contribution in [3.8, 4) is 17.6 Å². The molecule has 1 aliphatic heterocycles. The molecule has 4 rings (SSSR count). The molecule has 2 heterocycles. The molecule has 0 amide bonds. The number of nitrogens with zero attached hydrogens (tertiary/aromatic N) is 2. The summed E-state index contributed by atoms with van der Waals surface area (Å²) in [4.78, 5) is 4.04. The number of hydrogen-bond donors (Lipinski definition) is 1. The Balaban J connectivity index is 1.69. The molecule has 1 N–H and O–H groups in total. The van der Waals surface area contributed by atoms with E-state index < -0.39 is 21.7 Å². The maximum absolute atomic E-state index is 12.8. The molecule has 2 aromatic carbocycles. The second kappa shape index (κ2) is 7.87. The molecule has 1 atom stereocenters. The lowest BCUT2D eigenvalue weighted by Gasteiger charge is -2.37. The van der Waals surface area contributed by atoms with Crippen molar-refractivity contribution in [2.45, 2.75) is 43.8 Å². The van der Waals surface area contributed by atoms with Crippen LogP contribution in [-0.2, 0) is 10.0 Å². The van der Waals surface area contributed by atoms with Gasteiger partial charge in [0.1, 0.15) is 29.3 Å². The monoisotopic (exact) mass is 455 g/mol. The number of rotatable bonds is 5. The minimum atomic E-state index is -3.81. The second-order valence-corrected chi connectivity index (χ2v) is 10.5. The van der Waals surface area contributed by atoms with Crippen LogP contribution in [0.25, 0.3) is 0 Å². The summed E-state index contributed by atoms with van der Waals surface area (Å²) in [6, 6.07) is 12.3. The van der Waals surface area contributed by atoms with E-state index in [9.17, 15) is 13.7 Å². The highest BCUT2D eigenvalue weighted by molar-refractivity contribution is 7.93. The third-order valence-electron chi connectivity index (χ3n) is 4.88. The molecule has 9 heteroatoms. The molecule has 0 fully saturated rings. The Labute approximate surface area is 185 Å². The summed E-state index contributed by atoms with van der Waals surface area (Å²) in [7, 11) is -3.81. The fourth-order valence-corrected chi connectivity index (χ4v) is 5.28. The lowest BCUT2D eigenvalue weighted by Crippen LogP contribution is -2.36. The fourth-order valence-electron chi connectivity index (χ4n) is 3.47. The van der Waals surface area contributed by atoms with Gasteiger partial charge in [0, 0.05) is 29.6 Å². The topological polar surface area (TPSA) is 101 Å². The first-order chi connectivity index (χ1) is 14.7. The highest BCUT2D eigenvalue weighted by atomic mass is 32.2. The van der Waals surface area contributed by atoms with E-state index in [-0.39, 0.29) is 4.90 Å². The zero-order valence-electron chi connectivity index (χ0n) is 17.2. The molecule has 160 valence electrons. The number of thiazole rings is 1. The molecule has 0 unspecified atom stereocenters. The Morgan fingerprint density at radius 1 is 1.29 bits per heavy atom. The Morgan fingerprint density at radius 2 is 2.10 bits per heavy atom. The Kier molecular flexibility index (Phi) is 5.37. The molecule has 31 heavy (non-hydrogen) atoms. The maximum Gasteiger partial charge on any atom is 0.263 e. The number of sulfonamides is 1. The highest BCUT2D eigenvalue weighted by Crippen LogP contribution is 2.43.